The molecule has 2 saturated heterocycles. The van der Waals surface area contributed by atoms with Gasteiger partial charge >= 0.3 is 0 Å². The molecule has 0 aromatic rings. The second-order valence-corrected chi connectivity index (χ2v) is 7.74. The van der Waals surface area contributed by atoms with Crippen LogP contribution in [0.15, 0.2) is 0 Å². The van der Waals surface area contributed by atoms with Crippen LogP contribution in [0.25, 0.3) is 0 Å². The second kappa shape index (κ2) is 8.36. The van der Waals surface area contributed by atoms with Crippen LogP contribution in [0.3, 0.4) is 0 Å². The average molecular weight is 412 g/mol. The zero-order valence-corrected chi connectivity index (χ0v) is 16.7. The van der Waals surface area contributed by atoms with Crippen molar-refractivity contribution in [2.45, 2.75) is 80.7 Å². The van der Waals surface area contributed by atoms with E-state index in [1.54, 1.807) is 13.8 Å². The number of hydrogen-bond acceptors (Lipinski definition) is 11. The zero-order chi connectivity index (χ0) is 21.5. The van der Waals surface area contributed by atoms with E-state index >= 15 is 0 Å². The molecule has 28 heavy (non-hydrogen) atoms. The summed E-state index contributed by atoms with van der Waals surface area (Å²) in [6, 6.07) is 0. The van der Waals surface area contributed by atoms with E-state index in [-0.39, 0.29) is 0 Å². The Morgan fingerprint density at radius 2 is 1.50 bits per heavy atom. The van der Waals surface area contributed by atoms with Gasteiger partial charge in [-0.3, -0.25) is 0 Å². The first-order valence-electron chi connectivity index (χ1n) is 9.01. The Bertz CT molecular complexity index is 529. The summed E-state index contributed by atoms with van der Waals surface area (Å²) in [5, 5.41) is 60.1. The molecule has 0 bridgehead atoms. The maximum atomic E-state index is 10.7. The third-order valence-corrected chi connectivity index (χ3v) is 5.92. The number of aliphatic hydroxyl groups excluding tert-OH is 6. The first-order chi connectivity index (χ1) is 13.0. The van der Waals surface area contributed by atoms with Gasteiger partial charge in [0.1, 0.15) is 42.2 Å². The second-order valence-electron chi connectivity index (χ2n) is 7.74. The van der Waals surface area contributed by atoms with Gasteiger partial charge in [-0.1, -0.05) is 0 Å². The lowest BCUT2D eigenvalue weighted by atomic mass is 9.80. The predicted octanol–water partition coefficient (Wildman–Crippen LogP) is -2.92. The van der Waals surface area contributed by atoms with Crippen LogP contribution in [0, 0.1) is 0 Å². The molecule has 2 heterocycles. The largest absolute Gasteiger partial charge is 0.394 e. The quantitative estimate of drug-likeness (QED) is 0.253. The van der Waals surface area contributed by atoms with Gasteiger partial charge in [0.25, 0.3) is 0 Å². The van der Waals surface area contributed by atoms with Crippen LogP contribution in [0.5, 0.6) is 0 Å². The topological polar surface area (TPSA) is 168 Å². The lowest BCUT2D eigenvalue weighted by Crippen LogP contribution is -2.71. The van der Waals surface area contributed by atoms with Gasteiger partial charge in [-0.15, -0.1) is 0 Å². The summed E-state index contributed by atoms with van der Waals surface area (Å²) < 4.78 is 28.3. The molecule has 11 heteroatoms. The maximum Gasteiger partial charge on any atom is 0.232 e. The van der Waals surface area contributed by atoms with E-state index in [0.29, 0.717) is 0 Å². The van der Waals surface area contributed by atoms with Gasteiger partial charge in [-0.2, -0.15) is 0 Å². The Morgan fingerprint density at radius 1 is 0.929 bits per heavy atom. The third-order valence-electron chi connectivity index (χ3n) is 5.92. The SMILES string of the molecule is COC(C)(C)[C@@]1(O[C@H]2O[C@H](CO)[C@@H](O)[C@H](O)[C@H]2O)O[C@H](CO)[C@@H](O)[C@]1(C)OC. The van der Waals surface area contributed by atoms with E-state index in [0.717, 1.165) is 0 Å². The highest BCUT2D eigenvalue weighted by atomic mass is 16.8. The van der Waals surface area contributed by atoms with Crippen LogP contribution >= 0.6 is 0 Å². The molecule has 2 fully saturated rings. The molecule has 0 amide bonds. The van der Waals surface area contributed by atoms with E-state index in [9.17, 15) is 30.6 Å². The Balaban J connectivity index is 2.50. The molecule has 0 aromatic heterocycles. The Kier molecular flexibility index (Phi) is 7.12. The first-order valence-corrected chi connectivity index (χ1v) is 9.01. The van der Waals surface area contributed by atoms with Gasteiger partial charge in [0.2, 0.25) is 5.79 Å². The van der Waals surface area contributed by atoms with Crippen molar-refractivity contribution in [3.63, 3.8) is 0 Å². The lowest BCUT2D eigenvalue weighted by molar-refractivity contribution is -0.426. The summed E-state index contributed by atoms with van der Waals surface area (Å²) >= 11 is 0. The molecule has 0 aromatic carbocycles. The van der Waals surface area contributed by atoms with Crippen molar-refractivity contribution < 1.29 is 54.3 Å². The van der Waals surface area contributed by atoms with Crippen LogP contribution in [-0.4, -0.2) is 118 Å². The molecule has 0 spiro atoms. The Labute approximate surface area is 163 Å². The van der Waals surface area contributed by atoms with Crippen molar-refractivity contribution in [3.8, 4) is 0 Å². The fourth-order valence-electron chi connectivity index (χ4n) is 3.83. The molecule has 166 valence electrons. The summed E-state index contributed by atoms with van der Waals surface area (Å²) in [6.45, 7) is 3.45. The fourth-order valence-corrected chi connectivity index (χ4v) is 3.83. The highest BCUT2D eigenvalue weighted by molar-refractivity contribution is 5.14. The molecule has 2 aliphatic heterocycles. The minimum absolute atomic E-state index is 0.556. The first kappa shape index (κ1) is 23.8. The maximum absolute atomic E-state index is 10.7. The molecule has 9 atom stereocenters. The highest BCUT2D eigenvalue weighted by Crippen LogP contribution is 2.51. The summed E-state index contributed by atoms with van der Waals surface area (Å²) in [6.07, 6.45) is -10.2. The molecule has 0 radical (unpaired) electrons. The summed E-state index contributed by atoms with van der Waals surface area (Å²) in [5.41, 5.74) is -2.92. The van der Waals surface area contributed by atoms with Crippen LogP contribution in [0.2, 0.25) is 0 Å². The summed E-state index contributed by atoms with van der Waals surface area (Å²) in [7, 11) is 2.68. The Hall–Kier alpha value is -0.440. The fraction of sp³-hybridized carbons (Fsp3) is 1.00. The van der Waals surface area contributed by atoms with Gasteiger partial charge in [0, 0.05) is 14.2 Å². The number of rotatable bonds is 7. The molecular weight excluding hydrogens is 380 g/mol. The van der Waals surface area contributed by atoms with Crippen LogP contribution in [0.1, 0.15) is 20.8 Å². The molecule has 11 nitrogen and oxygen atoms in total. The molecule has 6 N–H and O–H groups in total. The Morgan fingerprint density at radius 3 is 1.96 bits per heavy atom. The average Bonchev–Trinajstić information content (AvgIpc) is 2.91. The minimum Gasteiger partial charge on any atom is -0.394 e. The molecule has 2 aliphatic rings. The monoisotopic (exact) mass is 412 g/mol. The molecule has 2 rings (SSSR count). The number of aliphatic hydroxyl groups is 6. The number of hydrogen-bond donors (Lipinski definition) is 6. The molecule has 0 saturated carbocycles. The van der Waals surface area contributed by atoms with E-state index in [2.05, 4.69) is 0 Å². The van der Waals surface area contributed by atoms with E-state index in [1.807, 2.05) is 0 Å². The van der Waals surface area contributed by atoms with Gasteiger partial charge in [0.15, 0.2) is 11.9 Å². The highest BCUT2D eigenvalue weighted by Gasteiger charge is 2.72. The van der Waals surface area contributed by atoms with Crippen molar-refractivity contribution in [2.75, 3.05) is 27.4 Å². The zero-order valence-electron chi connectivity index (χ0n) is 16.7. The summed E-state index contributed by atoms with van der Waals surface area (Å²) in [5.74, 6) is -1.93. The van der Waals surface area contributed by atoms with Crippen molar-refractivity contribution in [1.29, 1.82) is 0 Å². The molecule has 0 aliphatic carbocycles. The number of ether oxygens (including phenoxy) is 5. The van der Waals surface area contributed by atoms with Gasteiger partial charge in [0.05, 0.1) is 13.2 Å². The lowest BCUT2D eigenvalue weighted by Gasteiger charge is -2.52. The van der Waals surface area contributed by atoms with Crippen LogP contribution in [-0.2, 0) is 23.7 Å². The normalized spacial score (nSPS) is 47.5. The van der Waals surface area contributed by atoms with Crippen LogP contribution < -0.4 is 0 Å². The van der Waals surface area contributed by atoms with E-state index in [4.69, 9.17) is 23.7 Å². The van der Waals surface area contributed by atoms with Gasteiger partial charge < -0.3 is 54.3 Å². The van der Waals surface area contributed by atoms with Crippen LogP contribution in [0.4, 0.5) is 0 Å². The van der Waals surface area contributed by atoms with Crippen molar-refractivity contribution >= 4 is 0 Å². The number of methoxy groups -OCH3 is 2. The standard InChI is InChI=1S/C17H32O11/c1-15(2,24-4)17(16(3,25-5)13(23)9(7-19)27-17)28-14-12(22)11(21)10(20)8(6-18)26-14/h8-14,18-23H,6-7H2,1-5H3/t8-,9-,10-,11+,12-,13-,14-,16+,17+/m1/s1. The predicted molar refractivity (Wildman–Crippen MR) is 92.1 cm³/mol. The van der Waals surface area contributed by atoms with Crippen molar-refractivity contribution in [3.05, 3.63) is 0 Å². The van der Waals surface area contributed by atoms with Crippen molar-refractivity contribution in [2.24, 2.45) is 0 Å². The smallest absolute Gasteiger partial charge is 0.232 e. The van der Waals surface area contributed by atoms with Crippen molar-refractivity contribution in [1.82, 2.24) is 0 Å². The van der Waals surface area contributed by atoms with Gasteiger partial charge in [-0.05, 0) is 20.8 Å². The summed E-state index contributed by atoms with van der Waals surface area (Å²) in [4.78, 5) is 0. The minimum atomic E-state index is -1.93. The van der Waals surface area contributed by atoms with Gasteiger partial charge in [-0.25, -0.2) is 0 Å². The van der Waals surface area contributed by atoms with E-state index < -0.39 is 73.1 Å². The van der Waals surface area contributed by atoms with E-state index in [1.165, 1.54) is 21.1 Å². The molecular formula is C17H32O11. The molecule has 0 unspecified atom stereocenters. The third kappa shape index (κ3) is 3.38.